The Balaban J connectivity index is 1.39. The third-order valence-corrected chi connectivity index (χ3v) is 4.68. The van der Waals surface area contributed by atoms with Crippen molar-refractivity contribution in [3.8, 4) is 0 Å². The molecule has 0 saturated heterocycles. The molecule has 2 aromatic carbocycles. The number of oxazole rings is 1. The van der Waals surface area contributed by atoms with Crippen molar-refractivity contribution in [2.75, 3.05) is 16.0 Å². The molecule has 30 heavy (non-hydrogen) atoms. The highest BCUT2D eigenvalue weighted by atomic mass is 19.1. The molecule has 0 spiro atoms. The maximum absolute atomic E-state index is 14.2. The van der Waals surface area contributed by atoms with Crippen LogP contribution in [0.1, 0.15) is 12.0 Å². The zero-order chi connectivity index (χ0) is 20.7. The lowest BCUT2D eigenvalue weighted by atomic mass is 10.0. The number of carbonyl (C=O) groups is 1. The first-order valence-electron chi connectivity index (χ1n) is 9.16. The molecule has 9 nitrogen and oxygen atoms in total. The maximum Gasteiger partial charge on any atom is 0.417 e. The lowest BCUT2D eigenvalue weighted by Crippen LogP contribution is -2.18. The van der Waals surface area contributed by atoms with E-state index in [0.717, 1.165) is 23.1 Å². The van der Waals surface area contributed by atoms with Crippen LogP contribution in [0.15, 0.2) is 51.8 Å². The Morgan fingerprint density at radius 1 is 1.03 bits per heavy atom. The van der Waals surface area contributed by atoms with Crippen molar-refractivity contribution in [3.05, 3.63) is 64.5 Å². The minimum absolute atomic E-state index is 0.00141. The van der Waals surface area contributed by atoms with Gasteiger partial charge in [0.05, 0.1) is 11.7 Å². The Morgan fingerprint density at radius 2 is 1.87 bits per heavy atom. The molecular weight excluding hydrogens is 391 g/mol. The molecule has 0 aliphatic carbocycles. The van der Waals surface area contributed by atoms with Crippen molar-refractivity contribution in [1.29, 1.82) is 0 Å². The monoisotopic (exact) mass is 406 g/mol. The molecule has 0 saturated carbocycles. The van der Waals surface area contributed by atoms with E-state index in [0.29, 0.717) is 29.6 Å². The molecule has 0 atom stereocenters. The summed E-state index contributed by atoms with van der Waals surface area (Å²) in [5, 5.41) is 8.75. The van der Waals surface area contributed by atoms with Crippen LogP contribution in [0.3, 0.4) is 0 Å². The summed E-state index contributed by atoms with van der Waals surface area (Å²) < 4.78 is 19.2. The predicted molar refractivity (Wildman–Crippen MR) is 109 cm³/mol. The van der Waals surface area contributed by atoms with Crippen LogP contribution in [0.4, 0.5) is 33.2 Å². The highest BCUT2D eigenvalue weighted by Crippen LogP contribution is 2.27. The zero-order valence-corrected chi connectivity index (χ0v) is 15.5. The standard InChI is InChI=1S/C20H15FN6O3/c21-13-9-22-19(24-11-2-4-14-10(7-11)1-6-17(28)25-14)27-18(13)23-12-3-5-16-15(8-12)26-20(29)30-16/h2-5,7-9H,1,6H2,(H,25,28)(H,26,29)(H2,22,23,24,27). The third kappa shape index (κ3) is 3.46. The third-order valence-electron chi connectivity index (χ3n) is 4.68. The van der Waals surface area contributed by atoms with Crippen LogP contribution in [-0.2, 0) is 11.2 Å². The second kappa shape index (κ2) is 6.99. The van der Waals surface area contributed by atoms with Crippen molar-refractivity contribution < 1.29 is 13.6 Å². The molecule has 10 heteroatoms. The highest BCUT2D eigenvalue weighted by molar-refractivity contribution is 5.94. The number of halogens is 1. The van der Waals surface area contributed by atoms with Gasteiger partial charge in [0.15, 0.2) is 17.2 Å². The van der Waals surface area contributed by atoms with E-state index in [2.05, 4.69) is 30.9 Å². The van der Waals surface area contributed by atoms with Gasteiger partial charge in [0.1, 0.15) is 0 Å². The Labute approximate surface area is 168 Å². The number of nitrogens with one attached hydrogen (secondary N) is 4. The molecule has 1 aliphatic rings. The quantitative estimate of drug-likeness (QED) is 0.409. The average Bonchev–Trinajstić information content (AvgIpc) is 3.10. The fraction of sp³-hybridized carbons (Fsp3) is 0.100. The van der Waals surface area contributed by atoms with E-state index < -0.39 is 11.6 Å². The van der Waals surface area contributed by atoms with E-state index in [9.17, 15) is 14.0 Å². The zero-order valence-electron chi connectivity index (χ0n) is 15.5. The van der Waals surface area contributed by atoms with Crippen molar-refractivity contribution in [2.45, 2.75) is 12.8 Å². The summed E-state index contributed by atoms with van der Waals surface area (Å²) in [6.07, 6.45) is 2.14. The van der Waals surface area contributed by atoms with Gasteiger partial charge in [0.2, 0.25) is 11.9 Å². The van der Waals surface area contributed by atoms with Gasteiger partial charge in [-0.2, -0.15) is 4.98 Å². The lowest BCUT2D eigenvalue weighted by Gasteiger charge is -2.18. The summed E-state index contributed by atoms with van der Waals surface area (Å²) in [5.74, 6) is -1.01. The lowest BCUT2D eigenvalue weighted by molar-refractivity contribution is -0.116. The van der Waals surface area contributed by atoms with Crippen molar-refractivity contribution >= 4 is 45.8 Å². The first-order chi connectivity index (χ1) is 14.5. The average molecular weight is 406 g/mol. The smallest absolute Gasteiger partial charge is 0.408 e. The van der Waals surface area contributed by atoms with Crippen LogP contribution in [0.5, 0.6) is 0 Å². The van der Waals surface area contributed by atoms with Gasteiger partial charge in [-0.05, 0) is 48.4 Å². The van der Waals surface area contributed by atoms with Crippen LogP contribution in [0.2, 0.25) is 0 Å². The topological polar surface area (TPSA) is 125 Å². The minimum Gasteiger partial charge on any atom is -0.408 e. The molecule has 3 heterocycles. The number of nitrogens with zero attached hydrogens (tertiary/aromatic N) is 2. The first-order valence-corrected chi connectivity index (χ1v) is 9.16. The van der Waals surface area contributed by atoms with Gasteiger partial charge in [-0.3, -0.25) is 9.78 Å². The van der Waals surface area contributed by atoms with Crippen molar-refractivity contribution in [2.24, 2.45) is 0 Å². The summed E-state index contributed by atoms with van der Waals surface area (Å²) >= 11 is 0. The van der Waals surface area contributed by atoms with Crippen LogP contribution in [-0.4, -0.2) is 20.9 Å². The minimum atomic E-state index is -0.630. The molecule has 0 bridgehead atoms. The van der Waals surface area contributed by atoms with E-state index in [1.807, 2.05) is 6.07 Å². The number of benzene rings is 2. The number of anilines is 5. The summed E-state index contributed by atoms with van der Waals surface area (Å²) in [4.78, 5) is 33.5. The Hall–Kier alpha value is -4.21. The van der Waals surface area contributed by atoms with Crippen LogP contribution >= 0.6 is 0 Å². The SMILES string of the molecule is O=C1CCc2cc(Nc3ncc(F)c(Nc4ccc5oc(=O)[nH]c5c4)n3)ccc2N1. The van der Waals surface area contributed by atoms with Crippen molar-refractivity contribution in [1.82, 2.24) is 15.0 Å². The van der Waals surface area contributed by atoms with Gasteiger partial charge in [-0.25, -0.2) is 14.2 Å². The Morgan fingerprint density at radius 3 is 2.77 bits per heavy atom. The fourth-order valence-corrected chi connectivity index (χ4v) is 3.27. The number of hydrogen-bond acceptors (Lipinski definition) is 7. The summed E-state index contributed by atoms with van der Waals surface area (Å²) in [6.45, 7) is 0. The number of hydrogen-bond donors (Lipinski definition) is 4. The molecule has 4 aromatic rings. The van der Waals surface area contributed by atoms with Gasteiger partial charge >= 0.3 is 5.76 Å². The summed E-state index contributed by atoms with van der Waals surface area (Å²) in [7, 11) is 0. The Kier molecular flexibility index (Phi) is 4.16. The number of amides is 1. The summed E-state index contributed by atoms with van der Waals surface area (Å²) in [6, 6.07) is 10.3. The number of H-pyrrole nitrogens is 1. The van der Waals surface area contributed by atoms with Crippen molar-refractivity contribution in [3.63, 3.8) is 0 Å². The summed E-state index contributed by atoms with van der Waals surface area (Å²) in [5.41, 5.74) is 3.92. The number of aryl methyl sites for hydroxylation is 1. The molecular formula is C20H15FN6O3. The van der Waals surface area contributed by atoms with Crippen LogP contribution in [0, 0.1) is 5.82 Å². The second-order valence-electron chi connectivity index (χ2n) is 6.79. The van der Waals surface area contributed by atoms with E-state index >= 15 is 0 Å². The predicted octanol–water partition coefficient (Wildman–Crippen LogP) is 3.42. The molecule has 4 N–H and O–H groups in total. The molecule has 1 amide bonds. The normalized spacial score (nSPS) is 13.0. The number of fused-ring (bicyclic) bond motifs is 2. The molecule has 2 aromatic heterocycles. The molecule has 150 valence electrons. The Bertz CT molecular complexity index is 1350. The molecule has 5 rings (SSSR count). The number of aromatic nitrogens is 3. The number of carbonyl (C=O) groups excluding carboxylic acids is 1. The first kappa shape index (κ1) is 17.9. The van der Waals surface area contributed by atoms with E-state index in [-0.39, 0.29) is 17.7 Å². The van der Waals surface area contributed by atoms with E-state index in [4.69, 9.17) is 4.42 Å². The van der Waals surface area contributed by atoms with Gasteiger partial charge < -0.3 is 20.4 Å². The number of aromatic amines is 1. The van der Waals surface area contributed by atoms with E-state index in [1.165, 1.54) is 0 Å². The van der Waals surface area contributed by atoms with Crippen LogP contribution in [0.25, 0.3) is 11.1 Å². The molecule has 0 radical (unpaired) electrons. The van der Waals surface area contributed by atoms with Gasteiger partial charge in [-0.15, -0.1) is 0 Å². The number of rotatable bonds is 4. The van der Waals surface area contributed by atoms with Gasteiger partial charge in [0.25, 0.3) is 0 Å². The molecule has 0 unspecified atom stereocenters. The highest BCUT2D eigenvalue weighted by Gasteiger charge is 2.15. The van der Waals surface area contributed by atoms with Gasteiger partial charge in [0, 0.05) is 23.5 Å². The maximum atomic E-state index is 14.2. The van der Waals surface area contributed by atoms with Gasteiger partial charge in [-0.1, -0.05) is 0 Å². The fourth-order valence-electron chi connectivity index (χ4n) is 3.27. The second-order valence-corrected chi connectivity index (χ2v) is 6.79. The largest absolute Gasteiger partial charge is 0.417 e. The molecule has 0 fully saturated rings. The van der Waals surface area contributed by atoms with E-state index in [1.54, 1.807) is 30.3 Å². The van der Waals surface area contributed by atoms with Crippen LogP contribution < -0.4 is 21.7 Å². The molecule has 1 aliphatic heterocycles.